The number of hydrogen-bond donors (Lipinski definition) is 1. The van der Waals surface area contributed by atoms with Gasteiger partial charge in [0.1, 0.15) is 19.0 Å². The van der Waals surface area contributed by atoms with Gasteiger partial charge in [-0.2, -0.15) is 0 Å². The normalized spacial score (nSPS) is 12.9. The largest absolute Gasteiger partial charge is 0.496 e. The maximum atomic E-state index is 5.62. The van der Waals surface area contributed by atoms with Crippen molar-refractivity contribution in [1.29, 1.82) is 0 Å². The SMILES string of the molecule is COc1cc2c(c(C)c1CCN)OCCO2.Cl. The Labute approximate surface area is 107 Å². The van der Waals surface area contributed by atoms with Crippen LogP contribution in [0, 0.1) is 6.92 Å². The van der Waals surface area contributed by atoms with Gasteiger partial charge in [0.25, 0.3) is 0 Å². The summed E-state index contributed by atoms with van der Waals surface area (Å²) in [6, 6.07) is 1.88. The van der Waals surface area contributed by atoms with Crippen LogP contribution in [0.4, 0.5) is 0 Å². The summed E-state index contributed by atoms with van der Waals surface area (Å²) in [6.45, 7) is 3.80. The van der Waals surface area contributed by atoms with Crippen molar-refractivity contribution in [2.45, 2.75) is 13.3 Å². The van der Waals surface area contributed by atoms with Gasteiger partial charge in [0.15, 0.2) is 11.5 Å². The van der Waals surface area contributed by atoms with Gasteiger partial charge in [-0.05, 0) is 19.9 Å². The molecule has 0 amide bonds. The molecule has 0 bridgehead atoms. The van der Waals surface area contributed by atoms with Crippen LogP contribution in [0.3, 0.4) is 0 Å². The molecule has 0 fully saturated rings. The molecule has 2 rings (SSSR count). The Morgan fingerprint density at radius 3 is 2.71 bits per heavy atom. The lowest BCUT2D eigenvalue weighted by Crippen LogP contribution is -2.17. The summed E-state index contributed by atoms with van der Waals surface area (Å²) < 4.78 is 16.5. The number of methoxy groups -OCH3 is 1. The van der Waals surface area contributed by atoms with Crippen molar-refractivity contribution in [2.24, 2.45) is 5.73 Å². The van der Waals surface area contributed by atoms with Crippen LogP contribution < -0.4 is 19.9 Å². The van der Waals surface area contributed by atoms with Crippen molar-refractivity contribution >= 4 is 12.4 Å². The first-order chi connectivity index (χ1) is 7.77. The topological polar surface area (TPSA) is 53.7 Å². The van der Waals surface area contributed by atoms with Crippen LogP contribution in [0.25, 0.3) is 0 Å². The first-order valence-corrected chi connectivity index (χ1v) is 5.44. The summed E-state index contributed by atoms with van der Waals surface area (Å²) in [4.78, 5) is 0. The molecule has 2 N–H and O–H groups in total. The number of hydrogen-bond acceptors (Lipinski definition) is 4. The summed E-state index contributed by atoms with van der Waals surface area (Å²) in [6.07, 6.45) is 0.783. The molecule has 0 atom stereocenters. The van der Waals surface area contributed by atoms with Gasteiger partial charge < -0.3 is 19.9 Å². The molecule has 1 aliphatic rings. The molecule has 96 valence electrons. The van der Waals surface area contributed by atoms with Gasteiger partial charge in [-0.1, -0.05) is 0 Å². The number of nitrogens with two attached hydrogens (primary N) is 1. The Balaban J connectivity index is 0.00000144. The van der Waals surface area contributed by atoms with Crippen LogP contribution in [0.5, 0.6) is 17.2 Å². The van der Waals surface area contributed by atoms with E-state index in [1.54, 1.807) is 7.11 Å². The van der Waals surface area contributed by atoms with E-state index in [-0.39, 0.29) is 12.4 Å². The second kappa shape index (κ2) is 5.98. The van der Waals surface area contributed by atoms with Crippen LogP contribution in [0.15, 0.2) is 6.07 Å². The van der Waals surface area contributed by atoms with E-state index in [0.717, 1.165) is 34.8 Å². The van der Waals surface area contributed by atoms with Gasteiger partial charge in [0.05, 0.1) is 7.11 Å². The van der Waals surface area contributed by atoms with E-state index in [9.17, 15) is 0 Å². The number of rotatable bonds is 3. The van der Waals surface area contributed by atoms with Crippen LogP contribution in [0.1, 0.15) is 11.1 Å². The lowest BCUT2D eigenvalue weighted by Gasteiger charge is -2.23. The van der Waals surface area contributed by atoms with Crippen molar-refractivity contribution in [3.63, 3.8) is 0 Å². The first kappa shape index (κ1) is 13.9. The van der Waals surface area contributed by atoms with Gasteiger partial charge in [-0.25, -0.2) is 0 Å². The minimum absolute atomic E-state index is 0. The second-order valence-corrected chi connectivity index (χ2v) is 3.75. The van der Waals surface area contributed by atoms with E-state index in [0.29, 0.717) is 19.8 Å². The molecule has 17 heavy (non-hydrogen) atoms. The second-order valence-electron chi connectivity index (χ2n) is 3.75. The Morgan fingerprint density at radius 1 is 1.35 bits per heavy atom. The maximum absolute atomic E-state index is 5.62. The summed E-state index contributed by atoms with van der Waals surface area (Å²) in [5.74, 6) is 2.42. The van der Waals surface area contributed by atoms with Gasteiger partial charge >= 0.3 is 0 Å². The van der Waals surface area contributed by atoms with E-state index >= 15 is 0 Å². The number of halogens is 1. The molecule has 0 saturated heterocycles. The molecule has 4 nitrogen and oxygen atoms in total. The molecule has 1 aromatic carbocycles. The molecular formula is C12H18ClNO3. The molecule has 5 heteroatoms. The molecule has 1 aliphatic heterocycles. The molecule has 0 saturated carbocycles. The lowest BCUT2D eigenvalue weighted by atomic mass is 10.0. The molecule has 0 spiro atoms. The van der Waals surface area contributed by atoms with E-state index < -0.39 is 0 Å². The van der Waals surface area contributed by atoms with Gasteiger partial charge in [-0.3, -0.25) is 0 Å². The fourth-order valence-corrected chi connectivity index (χ4v) is 2.00. The molecule has 0 radical (unpaired) electrons. The van der Waals surface area contributed by atoms with Crippen LogP contribution in [-0.2, 0) is 6.42 Å². The highest BCUT2D eigenvalue weighted by molar-refractivity contribution is 5.85. The Kier molecular flexibility index (Phi) is 4.90. The smallest absolute Gasteiger partial charge is 0.165 e. The van der Waals surface area contributed by atoms with Crippen molar-refractivity contribution in [3.8, 4) is 17.2 Å². The van der Waals surface area contributed by atoms with E-state index in [4.69, 9.17) is 19.9 Å². The highest BCUT2D eigenvalue weighted by Crippen LogP contribution is 2.40. The average Bonchev–Trinajstić information content (AvgIpc) is 2.33. The third kappa shape index (κ3) is 2.58. The molecule has 0 aliphatic carbocycles. The quantitative estimate of drug-likeness (QED) is 0.898. The molecule has 0 aromatic heterocycles. The summed E-state index contributed by atoms with van der Waals surface area (Å²) in [7, 11) is 1.66. The Hall–Kier alpha value is -1.13. The van der Waals surface area contributed by atoms with E-state index in [2.05, 4.69) is 0 Å². The summed E-state index contributed by atoms with van der Waals surface area (Å²) in [5.41, 5.74) is 7.78. The third-order valence-corrected chi connectivity index (χ3v) is 2.78. The van der Waals surface area contributed by atoms with Gasteiger partial charge in [-0.15, -0.1) is 12.4 Å². The van der Waals surface area contributed by atoms with Crippen LogP contribution in [-0.4, -0.2) is 26.9 Å². The zero-order valence-electron chi connectivity index (χ0n) is 10.1. The fraction of sp³-hybridized carbons (Fsp3) is 0.500. The average molecular weight is 260 g/mol. The Bertz CT molecular complexity index is 396. The lowest BCUT2D eigenvalue weighted by molar-refractivity contribution is 0.169. The molecule has 1 aromatic rings. The highest BCUT2D eigenvalue weighted by atomic mass is 35.5. The molecular weight excluding hydrogens is 242 g/mol. The van der Waals surface area contributed by atoms with Crippen molar-refractivity contribution < 1.29 is 14.2 Å². The summed E-state index contributed by atoms with van der Waals surface area (Å²) in [5, 5.41) is 0. The van der Waals surface area contributed by atoms with Gasteiger partial charge in [0, 0.05) is 17.2 Å². The minimum Gasteiger partial charge on any atom is -0.496 e. The third-order valence-electron chi connectivity index (χ3n) is 2.78. The monoisotopic (exact) mass is 259 g/mol. The van der Waals surface area contributed by atoms with Gasteiger partial charge in [0.2, 0.25) is 0 Å². The maximum Gasteiger partial charge on any atom is 0.165 e. The fourth-order valence-electron chi connectivity index (χ4n) is 2.00. The van der Waals surface area contributed by atoms with E-state index in [1.807, 2.05) is 13.0 Å². The van der Waals surface area contributed by atoms with Crippen molar-refractivity contribution in [2.75, 3.05) is 26.9 Å². The number of benzene rings is 1. The number of fused-ring (bicyclic) bond motifs is 1. The zero-order valence-corrected chi connectivity index (χ0v) is 10.9. The standard InChI is InChI=1S/C12H17NO3.ClH/c1-8-9(3-4-13)10(14-2)7-11-12(8)16-6-5-15-11;/h7H,3-6,13H2,1-2H3;1H. The predicted octanol–water partition coefficient (Wildman–Crippen LogP) is 1.70. The first-order valence-electron chi connectivity index (χ1n) is 5.44. The van der Waals surface area contributed by atoms with Crippen LogP contribution >= 0.6 is 12.4 Å². The molecule has 1 heterocycles. The predicted molar refractivity (Wildman–Crippen MR) is 68.7 cm³/mol. The molecule has 0 unspecified atom stereocenters. The number of ether oxygens (including phenoxy) is 3. The minimum atomic E-state index is 0. The summed E-state index contributed by atoms with van der Waals surface area (Å²) >= 11 is 0. The highest BCUT2D eigenvalue weighted by Gasteiger charge is 2.20. The Morgan fingerprint density at radius 2 is 2.06 bits per heavy atom. The van der Waals surface area contributed by atoms with Crippen molar-refractivity contribution in [3.05, 3.63) is 17.2 Å². The zero-order chi connectivity index (χ0) is 11.5. The van der Waals surface area contributed by atoms with Crippen LogP contribution in [0.2, 0.25) is 0 Å². The van der Waals surface area contributed by atoms with Crippen molar-refractivity contribution in [1.82, 2.24) is 0 Å². The van der Waals surface area contributed by atoms with E-state index in [1.165, 1.54) is 0 Å².